The van der Waals surface area contributed by atoms with Crippen LogP contribution in [0.25, 0.3) is 11.5 Å². The first-order valence-corrected chi connectivity index (χ1v) is 10.7. The minimum Gasteiger partial charge on any atom is -0.494 e. The second kappa shape index (κ2) is 8.74. The number of benzene rings is 1. The van der Waals surface area contributed by atoms with Gasteiger partial charge in [0.2, 0.25) is 11.8 Å². The van der Waals surface area contributed by atoms with Crippen molar-refractivity contribution >= 4 is 34.1 Å². The molecule has 0 unspecified atom stereocenters. The van der Waals surface area contributed by atoms with Crippen LogP contribution < -0.4 is 10.1 Å². The number of hydrogen-bond acceptors (Lipinski definition) is 8. The highest BCUT2D eigenvalue weighted by molar-refractivity contribution is 7.99. The Morgan fingerprint density at radius 3 is 2.64 bits per heavy atom. The largest absolute Gasteiger partial charge is 0.494 e. The van der Waals surface area contributed by atoms with Crippen LogP contribution in [-0.2, 0) is 10.2 Å². The molecule has 0 aliphatic carbocycles. The fraction of sp³-hybridized carbons (Fsp3) is 0.368. The van der Waals surface area contributed by atoms with E-state index in [1.807, 2.05) is 36.6 Å². The van der Waals surface area contributed by atoms with Gasteiger partial charge in [-0.1, -0.05) is 32.5 Å². The summed E-state index contributed by atoms with van der Waals surface area (Å²) in [5.74, 6) is 1.19. The highest BCUT2D eigenvalue weighted by atomic mass is 32.2. The lowest BCUT2D eigenvalue weighted by Gasteiger charge is -2.14. The second-order valence-corrected chi connectivity index (χ2v) is 8.74. The number of aromatic nitrogens is 3. The minimum absolute atomic E-state index is 0.0464. The summed E-state index contributed by atoms with van der Waals surface area (Å²) in [5.41, 5.74) is 1.71. The zero-order chi connectivity index (χ0) is 20.1. The van der Waals surface area contributed by atoms with Crippen LogP contribution in [0.1, 0.15) is 33.4 Å². The molecule has 0 fully saturated rings. The van der Waals surface area contributed by atoms with Gasteiger partial charge >= 0.3 is 0 Å². The zero-order valence-electron chi connectivity index (χ0n) is 16.2. The first-order chi connectivity index (χ1) is 13.3. The summed E-state index contributed by atoms with van der Waals surface area (Å²) in [6.45, 7) is 8.80. The highest BCUT2D eigenvalue weighted by Gasteiger charge is 2.18. The highest BCUT2D eigenvalue weighted by Crippen LogP contribution is 2.27. The van der Waals surface area contributed by atoms with Crippen LogP contribution in [0.15, 0.2) is 39.3 Å². The third kappa shape index (κ3) is 5.32. The van der Waals surface area contributed by atoms with Crippen LogP contribution in [0, 0.1) is 0 Å². The molecule has 1 N–H and O–H groups in total. The van der Waals surface area contributed by atoms with Crippen LogP contribution in [-0.4, -0.2) is 33.4 Å². The fourth-order valence-corrected chi connectivity index (χ4v) is 3.72. The van der Waals surface area contributed by atoms with Crippen LogP contribution in [0.4, 0.5) is 5.13 Å². The minimum atomic E-state index is -0.166. The predicted octanol–water partition coefficient (Wildman–Crippen LogP) is 4.62. The third-order valence-electron chi connectivity index (χ3n) is 3.66. The SMILES string of the molecule is CCOc1ccc(-c2nnc(SCC(=O)Nc3nc(C(C)(C)C)cs3)o2)cc1. The number of rotatable bonds is 7. The molecule has 9 heteroatoms. The molecule has 0 saturated carbocycles. The normalized spacial score (nSPS) is 11.4. The van der Waals surface area contributed by atoms with Gasteiger partial charge in [0, 0.05) is 16.4 Å². The Morgan fingerprint density at radius 2 is 2.00 bits per heavy atom. The van der Waals surface area contributed by atoms with E-state index in [0.29, 0.717) is 22.9 Å². The first kappa shape index (κ1) is 20.3. The van der Waals surface area contributed by atoms with E-state index in [2.05, 4.69) is 41.3 Å². The number of nitrogens with zero attached hydrogens (tertiary/aromatic N) is 3. The number of anilines is 1. The molecule has 1 aromatic carbocycles. The predicted molar refractivity (Wildman–Crippen MR) is 111 cm³/mol. The van der Waals surface area contributed by atoms with Crippen LogP contribution >= 0.6 is 23.1 Å². The average molecular weight is 419 g/mol. The molecule has 148 valence electrons. The molecule has 0 aliphatic heterocycles. The van der Waals surface area contributed by atoms with Crippen molar-refractivity contribution < 1.29 is 13.9 Å². The van der Waals surface area contributed by atoms with Crippen LogP contribution in [0.5, 0.6) is 5.75 Å². The number of thioether (sulfide) groups is 1. The van der Waals surface area contributed by atoms with Gasteiger partial charge in [-0.15, -0.1) is 21.5 Å². The Morgan fingerprint density at radius 1 is 1.25 bits per heavy atom. The standard InChI is InChI=1S/C19H22N4O3S2/c1-5-25-13-8-6-12(7-9-13)16-22-23-18(26-16)28-11-15(24)21-17-20-14(10-27-17)19(2,3)4/h6-10H,5,11H2,1-4H3,(H,20,21,24). The molecule has 3 aromatic rings. The quantitative estimate of drug-likeness (QED) is 0.560. The summed E-state index contributed by atoms with van der Waals surface area (Å²) in [4.78, 5) is 16.6. The maximum absolute atomic E-state index is 12.2. The number of carbonyl (C=O) groups is 1. The zero-order valence-corrected chi connectivity index (χ0v) is 17.8. The van der Waals surface area contributed by atoms with Gasteiger partial charge in [-0.3, -0.25) is 4.79 Å². The van der Waals surface area contributed by atoms with Crippen molar-refractivity contribution in [3.63, 3.8) is 0 Å². The first-order valence-electron chi connectivity index (χ1n) is 8.80. The lowest BCUT2D eigenvalue weighted by Crippen LogP contribution is -2.15. The number of nitrogens with one attached hydrogen (secondary N) is 1. The summed E-state index contributed by atoms with van der Waals surface area (Å²) in [5, 5.41) is 13.7. The molecule has 7 nitrogen and oxygen atoms in total. The molecular formula is C19H22N4O3S2. The van der Waals surface area contributed by atoms with Crippen LogP contribution in [0.2, 0.25) is 0 Å². The van der Waals surface area contributed by atoms with Crippen molar-refractivity contribution in [2.45, 2.75) is 38.3 Å². The molecule has 3 rings (SSSR count). The molecule has 0 atom stereocenters. The lowest BCUT2D eigenvalue weighted by atomic mass is 9.93. The van der Waals surface area contributed by atoms with E-state index < -0.39 is 0 Å². The molecule has 0 aliphatic rings. The van der Waals surface area contributed by atoms with Crippen molar-refractivity contribution in [1.82, 2.24) is 15.2 Å². The van der Waals surface area contributed by atoms with E-state index in [1.54, 1.807) is 0 Å². The summed E-state index contributed by atoms with van der Waals surface area (Å²) >= 11 is 2.61. The maximum Gasteiger partial charge on any atom is 0.277 e. The van der Waals surface area contributed by atoms with E-state index in [-0.39, 0.29) is 17.1 Å². The molecule has 0 saturated heterocycles. The Bertz CT molecular complexity index is 929. The Balaban J connectivity index is 1.54. The van der Waals surface area contributed by atoms with Crippen molar-refractivity contribution in [2.75, 3.05) is 17.7 Å². The molecule has 28 heavy (non-hydrogen) atoms. The van der Waals surface area contributed by atoms with Crippen LogP contribution in [0.3, 0.4) is 0 Å². The van der Waals surface area contributed by atoms with E-state index in [9.17, 15) is 4.79 Å². The van der Waals surface area contributed by atoms with Gasteiger partial charge < -0.3 is 14.5 Å². The summed E-state index contributed by atoms with van der Waals surface area (Å²) < 4.78 is 11.0. The average Bonchev–Trinajstić information content (AvgIpc) is 3.30. The van der Waals surface area contributed by atoms with Gasteiger partial charge in [-0.05, 0) is 31.2 Å². The van der Waals surface area contributed by atoms with Gasteiger partial charge in [0.05, 0.1) is 18.1 Å². The maximum atomic E-state index is 12.2. The molecule has 2 heterocycles. The molecule has 0 radical (unpaired) electrons. The van der Waals surface area contributed by atoms with Crippen molar-refractivity contribution in [2.24, 2.45) is 0 Å². The third-order valence-corrected chi connectivity index (χ3v) is 5.24. The summed E-state index contributed by atoms with van der Waals surface area (Å²) in [6, 6.07) is 7.41. The number of amides is 1. The van der Waals surface area contributed by atoms with Crippen molar-refractivity contribution in [3.8, 4) is 17.2 Å². The second-order valence-electron chi connectivity index (χ2n) is 6.96. The van der Waals surface area contributed by atoms with E-state index in [4.69, 9.17) is 9.15 Å². The molecular weight excluding hydrogens is 396 g/mol. The fourth-order valence-electron chi connectivity index (χ4n) is 2.20. The molecule has 2 aromatic heterocycles. The molecule has 1 amide bonds. The molecule has 0 bridgehead atoms. The number of hydrogen-bond donors (Lipinski definition) is 1. The van der Waals surface area contributed by atoms with Gasteiger partial charge in [-0.25, -0.2) is 4.98 Å². The number of carbonyl (C=O) groups excluding carboxylic acids is 1. The van der Waals surface area contributed by atoms with E-state index in [1.165, 1.54) is 23.1 Å². The lowest BCUT2D eigenvalue weighted by molar-refractivity contribution is -0.113. The summed E-state index contributed by atoms with van der Waals surface area (Å²) in [6.07, 6.45) is 0. The smallest absolute Gasteiger partial charge is 0.277 e. The Hall–Kier alpha value is -2.39. The molecule has 0 spiro atoms. The van der Waals surface area contributed by atoms with Gasteiger partial charge in [0.15, 0.2) is 5.13 Å². The van der Waals surface area contributed by atoms with E-state index >= 15 is 0 Å². The number of thiazole rings is 1. The number of ether oxygens (including phenoxy) is 1. The van der Waals surface area contributed by atoms with Crippen molar-refractivity contribution in [1.29, 1.82) is 0 Å². The van der Waals surface area contributed by atoms with Crippen molar-refractivity contribution in [3.05, 3.63) is 35.3 Å². The van der Waals surface area contributed by atoms with Gasteiger partial charge in [0.1, 0.15) is 5.75 Å². The van der Waals surface area contributed by atoms with E-state index in [0.717, 1.165) is 17.0 Å². The monoisotopic (exact) mass is 418 g/mol. The Labute approximate surface area is 171 Å². The topological polar surface area (TPSA) is 90.1 Å². The summed E-state index contributed by atoms with van der Waals surface area (Å²) in [7, 11) is 0. The Kier molecular flexibility index (Phi) is 6.35. The van der Waals surface area contributed by atoms with Gasteiger partial charge in [-0.2, -0.15) is 0 Å². The van der Waals surface area contributed by atoms with Gasteiger partial charge in [0.25, 0.3) is 5.22 Å².